The van der Waals surface area contributed by atoms with Crippen molar-refractivity contribution in [3.8, 4) is 10.4 Å². The molecule has 0 saturated carbocycles. The van der Waals surface area contributed by atoms with Gasteiger partial charge in [0.25, 0.3) is 5.91 Å². The predicted octanol–water partition coefficient (Wildman–Crippen LogP) is 3.02. The number of ether oxygens (including phenoxy) is 1. The van der Waals surface area contributed by atoms with Crippen molar-refractivity contribution in [3.63, 3.8) is 0 Å². The molecule has 0 radical (unpaired) electrons. The molecule has 1 fully saturated rings. The van der Waals surface area contributed by atoms with Crippen LogP contribution in [0.3, 0.4) is 0 Å². The van der Waals surface area contributed by atoms with Gasteiger partial charge < -0.3 is 9.64 Å². The molecular formula is C20H24N2O3S. The first-order chi connectivity index (χ1) is 12.6. The predicted molar refractivity (Wildman–Crippen MR) is 104 cm³/mol. The number of carbonyl (C=O) groups is 2. The monoisotopic (exact) mass is 372 g/mol. The van der Waals surface area contributed by atoms with Crippen LogP contribution in [0, 0.1) is 0 Å². The van der Waals surface area contributed by atoms with Gasteiger partial charge in [-0.2, -0.15) is 0 Å². The first-order valence-corrected chi connectivity index (χ1v) is 9.62. The number of rotatable bonds is 6. The summed E-state index contributed by atoms with van der Waals surface area (Å²) in [6.07, 6.45) is 0. The minimum Gasteiger partial charge on any atom is -0.383 e. The van der Waals surface area contributed by atoms with Crippen molar-refractivity contribution in [1.82, 2.24) is 9.80 Å². The smallest absolute Gasteiger partial charge is 0.253 e. The van der Waals surface area contributed by atoms with Crippen LogP contribution < -0.4 is 0 Å². The maximum atomic E-state index is 12.8. The summed E-state index contributed by atoms with van der Waals surface area (Å²) in [6.45, 7) is 6.43. The fourth-order valence-electron chi connectivity index (χ4n) is 3.07. The second-order valence-corrected chi connectivity index (χ2v) is 7.51. The van der Waals surface area contributed by atoms with E-state index in [9.17, 15) is 9.59 Å². The minimum absolute atomic E-state index is 0.0693. The maximum Gasteiger partial charge on any atom is 0.253 e. The summed E-state index contributed by atoms with van der Waals surface area (Å²) in [4.78, 5) is 30.3. The Balaban J connectivity index is 1.68. The molecule has 1 aliphatic rings. The molecule has 1 amide bonds. The number of thiophene rings is 1. The zero-order valence-corrected chi connectivity index (χ0v) is 16.1. The van der Waals surface area contributed by atoms with E-state index in [-0.39, 0.29) is 11.7 Å². The van der Waals surface area contributed by atoms with Crippen LogP contribution in [0.4, 0.5) is 0 Å². The molecule has 26 heavy (non-hydrogen) atoms. The summed E-state index contributed by atoms with van der Waals surface area (Å²) in [7, 11) is 1.71. The molecule has 1 aromatic carbocycles. The largest absolute Gasteiger partial charge is 0.383 e. The number of hydrogen-bond donors (Lipinski definition) is 0. The van der Waals surface area contributed by atoms with Crippen LogP contribution in [0.2, 0.25) is 0 Å². The lowest BCUT2D eigenvalue weighted by Gasteiger charge is -2.34. The molecule has 138 valence electrons. The molecule has 1 saturated heterocycles. The first-order valence-electron chi connectivity index (χ1n) is 8.80. The van der Waals surface area contributed by atoms with E-state index < -0.39 is 0 Å². The molecule has 5 nitrogen and oxygen atoms in total. The summed E-state index contributed by atoms with van der Waals surface area (Å²) < 4.78 is 5.12. The number of piperazine rings is 1. The Hall–Kier alpha value is -2.02. The van der Waals surface area contributed by atoms with Gasteiger partial charge >= 0.3 is 0 Å². The van der Waals surface area contributed by atoms with Crippen LogP contribution in [0.5, 0.6) is 0 Å². The third kappa shape index (κ3) is 4.38. The molecule has 0 N–H and O–H groups in total. The first kappa shape index (κ1) is 18.8. The molecule has 0 bridgehead atoms. The van der Waals surface area contributed by atoms with Crippen molar-refractivity contribution >= 4 is 23.0 Å². The molecule has 2 heterocycles. The van der Waals surface area contributed by atoms with Gasteiger partial charge in [0, 0.05) is 50.3 Å². The van der Waals surface area contributed by atoms with E-state index in [0.717, 1.165) is 54.6 Å². The average Bonchev–Trinajstić information content (AvgIpc) is 3.17. The zero-order chi connectivity index (χ0) is 18.5. The van der Waals surface area contributed by atoms with Gasteiger partial charge in [0.2, 0.25) is 0 Å². The van der Waals surface area contributed by atoms with E-state index >= 15 is 0 Å². The molecule has 1 aliphatic heterocycles. The molecule has 3 rings (SSSR count). The summed E-state index contributed by atoms with van der Waals surface area (Å²) in [6, 6.07) is 11.5. The minimum atomic E-state index is 0.0693. The number of hydrogen-bond acceptors (Lipinski definition) is 5. The fraction of sp³-hybridized carbons (Fsp3) is 0.400. The van der Waals surface area contributed by atoms with E-state index in [2.05, 4.69) is 4.90 Å². The maximum absolute atomic E-state index is 12.8. The number of Topliss-reactive ketones (excluding diaryl/α,β-unsaturated/α-hetero) is 1. The van der Waals surface area contributed by atoms with Crippen LogP contribution >= 0.6 is 11.3 Å². The Bertz CT molecular complexity index is 779. The van der Waals surface area contributed by atoms with E-state index in [1.165, 1.54) is 11.3 Å². The molecule has 0 aliphatic carbocycles. The van der Waals surface area contributed by atoms with Crippen molar-refractivity contribution in [2.24, 2.45) is 0 Å². The third-order valence-corrected chi connectivity index (χ3v) is 5.85. The van der Waals surface area contributed by atoms with Crippen LogP contribution in [-0.4, -0.2) is 67.9 Å². The van der Waals surface area contributed by atoms with E-state index in [0.29, 0.717) is 5.56 Å². The van der Waals surface area contributed by atoms with Crippen molar-refractivity contribution in [3.05, 3.63) is 46.8 Å². The SMILES string of the molecule is COCCN1CCN(C(=O)c2cccc(-c3ccc(C(C)=O)s3)c2)CC1. The van der Waals surface area contributed by atoms with Crippen molar-refractivity contribution < 1.29 is 14.3 Å². The van der Waals surface area contributed by atoms with E-state index in [4.69, 9.17) is 4.74 Å². The van der Waals surface area contributed by atoms with Crippen molar-refractivity contribution in [2.45, 2.75) is 6.92 Å². The molecule has 6 heteroatoms. The van der Waals surface area contributed by atoms with Crippen LogP contribution in [0.25, 0.3) is 10.4 Å². The highest BCUT2D eigenvalue weighted by molar-refractivity contribution is 7.17. The molecular weight excluding hydrogens is 348 g/mol. The second-order valence-electron chi connectivity index (χ2n) is 6.43. The quantitative estimate of drug-likeness (QED) is 0.732. The molecule has 0 spiro atoms. The third-order valence-electron chi connectivity index (χ3n) is 4.62. The van der Waals surface area contributed by atoms with Crippen LogP contribution in [0.15, 0.2) is 36.4 Å². The van der Waals surface area contributed by atoms with Gasteiger partial charge in [0.15, 0.2) is 5.78 Å². The fourth-order valence-corrected chi connectivity index (χ4v) is 3.96. The van der Waals surface area contributed by atoms with E-state index in [1.807, 2.05) is 41.3 Å². The van der Waals surface area contributed by atoms with Crippen LogP contribution in [-0.2, 0) is 4.74 Å². The lowest BCUT2D eigenvalue weighted by atomic mass is 10.1. The second kappa shape index (κ2) is 8.58. The van der Waals surface area contributed by atoms with Gasteiger partial charge in [0.05, 0.1) is 11.5 Å². The Labute approximate surface area is 158 Å². The number of ketones is 1. The molecule has 1 aromatic heterocycles. The van der Waals surface area contributed by atoms with Gasteiger partial charge in [-0.25, -0.2) is 0 Å². The van der Waals surface area contributed by atoms with Gasteiger partial charge in [-0.1, -0.05) is 12.1 Å². The van der Waals surface area contributed by atoms with Crippen molar-refractivity contribution in [1.29, 1.82) is 0 Å². The number of benzene rings is 1. The number of carbonyl (C=O) groups excluding carboxylic acids is 2. The highest BCUT2D eigenvalue weighted by atomic mass is 32.1. The Morgan fingerprint density at radius 1 is 1.12 bits per heavy atom. The molecule has 2 aromatic rings. The van der Waals surface area contributed by atoms with Gasteiger partial charge in [-0.3, -0.25) is 14.5 Å². The Morgan fingerprint density at radius 2 is 1.88 bits per heavy atom. The van der Waals surface area contributed by atoms with Crippen molar-refractivity contribution in [2.75, 3.05) is 46.4 Å². The number of methoxy groups -OCH3 is 1. The van der Waals surface area contributed by atoms with Gasteiger partial charge in [-0.05, 0) is 36.8 Å². The summed E-state index contributed by atoms with van der Waals surface area (Å²) in [5.74, 6) is 0.140. The summed E-state index contributed by atoms with van der Waals surface area (Å²) in [5.41, 5.74) is 1.68. The Morgan fingerprint density at radius 3 is 2.54 bits per heavy atom. The lowest BCUT2D eigenvalue weighted by Crippen LogP contribution is -2.49. The molecule has 0 unspecified atom stereocenters. The van der Waals surface area contributed by atoms with Crippen LogP contribution in [0.1, 0.15) is 27.0 Å². The normalized spacial score (nSPS) is 15.2. The van der Waals surface area contributed by atoms with Gasteiger partial charge in [-0.15, -0.1) is 11.3 Å². The highest BCUT2D eigenvalue weighted by Crippen LogP contribution is 2.29. The summed E-state index contributed by atoms with van der Waals surface area (Å²) >= 11 is 1.46. The average molecular weight is 372 g/mol. The highest BCUT2D eigenvalue weighted by Gasteiger charge is 2.22. The standard InChI is InChI=1S/C20H24N2O3S/c1-15(23)18-6-7-19(26-18)16-4-3-5-17(14-16)20(24)22-10-8-21(9-11-22)12-13-25-2/h3-7,14H,8-13H2,1-2H3. The molecule has 0 atom stereocenters. The Kier molecular flexibility index (Phi) is 6.19. The summed E-state index contributed by atoms with van der Waals surface area (Å²) in [5, 5.41) is 0. The topological polar surface area (TPSA) is 49.9 Å². The van der Waals surface area contributed by atoms with Gasteiger partial charge in [0.1, 0.15) is 0 Å². The van der Waals surface area contributed by atoms with E-state index in [1.54, 1.807) is 14.0 Å². The number of amides is 1. The zero-order valence-electron chi connectivity index (χ0n) is 15.2. The number of nitrogens with zero attached hydrogens (tertiary/aromatic N) is 2. The lowest BCUT2D eigenvalue weighted by molar-refractivity contribution is 0.0594.